The first-order valence-corrected chi connectivity index (χ1v) is 5.33. The molecule has 0 aliphatic rings. The minimum Gasteiger partial charge on any atom is -0.364 e. The SMILES string of the molecule is Cc1ccc(NCc2ncccc2C)nc1. The molecular weight excluding hydrogens is 198 g/mol. The molecule has 0 amide bonds. The molecule has 0 radical (unpaired) electrons. The summed E-state index contributed by atoms with van der Waals surface area (Å²) < 4.78 is 0. The third kappa shape index (κ3) is 2.57. The fourth-order valence-electron chi connectivity index (χ4n) is 1.45. The second kappa shape index (κ2) is 4.75. The maximum Gasteiger partial charge on any atom is 0.126 e. The lowest BCUT2D eigenvalue weighted by atomic mass is 10.2. The van der Waals surface area contributed by atoms with E-state index in [1.54, 1.807) is 0 Å². The number of anilines is 1. The third-order valence-electron chi connectivity index (χ3n) is 2.47. The molecule has 3 heteroatoms. The Morgan fingerprint density at radius 1 is 1.12 bits per heavy atom. The second-order valence-corrected chi connectivity index (χ2v) is 3.84. The number of pyridine rings is 2. The summed E-state index contributed by atoms with van der Waals surface area (Å²) in [5.74, 6) is 0.885. The highest BCUT2D eigenvalue weighted by molar-refractivity contribution is 5.36. The van der Waals surface area contributed by atoms with Crippen LogP contribution in [0.5, 0.6) is 0 Å². The van der Waals surface area contributed by atoms with Crippen molar-refractivity contribution >= 4 is 5.82 Å². The van der Waals surface area contributed by atoms with Gasteiger partial charge in [0.2, 0.25) is 0 Å². The molecule has 0 aromatic carbocycles. The van der Waals surface area contributed by atoms with Crippen molar-refractivity contribution in [3.8, 4) is 0 Å². The van der Waals surface area contributed by atoms with E-state index in [4.69, 9.17) is 0 Å². The minimum atomic E-state index is 0.711. The first-order valence-electron chi connectivity index (χ1n) is 5.33. The van der Waals surface area contributed by atoms with Crippen LogP contribution < -0.4 is 5.32 Å². The molecule has 1 N–H and O–H groups in total. The Hall–Kier alpha value is -1.90. The zero-order valence-corrected chi connectivity index (χ0v) is 9.57. The average molecular weight is 213 g/mol. The van der Waals surface area contributed by atoms with Crippen molar-refractivity contribution < 1.29 is 0 Å². The summed E-state index contributed by atoms with van der Waals surface area (Å²) in [6.07, 6.45) is 3.67. The Morgan fingerprint density at radius 2 is 2.00 bits per heavy atom. The van der Waals surface area contributed by atoms with Crippen LogP contribution in [-0.2, 0) is 6.54 Å². The maximum absolute atomic E-state index is 4.32. The van der Waals surface area contributed by atoms with Crippen molar-refractivity contribution in [3.63, 3.8) is 0 Å². The molecule has 0 unspecified atom stereocenters. The molecule has 82 valence electrons. The van der Waals surface area contributed by atoms with Crippen LogP contribution in [0.2, 0.25) is 0 Å². The third-order valence-corrected chi connectivity index (χ3v) is 2.47. The topological polar surface area (TPSA) is 37.8 Å². The van der Waals surface area contributed by atoms with Crippen molar-refractivity contribution in [2.75, 3.05) is 5.32 Å². The first kappa shape index (κ1) is 10.6. The molecule has 0 spiro atoms. The quantitative estimate of drug-likeness (QED) is 0.851. The summed E-state index contributed by atoms with van der Waals surface area (Å²) in [5, 5.41) is 3.26. The van der Waals surface area contributed by atoms with Crippen LogP contribution in [-0.4, -0.2) is 9.97 Å². The molecular formula is C13H15N3. The highest BCUT2D eigenvalue weighted by atomic mass is 15.0. The molecule has 2 aromatic rings. The number of nitrogens with zero attached hydrogens (tertiary/aromatic N) is 2. The van der Waals surface area contributed by atoms with Gasteiger partial charge in [-0.1, -0.05) is 12.1 Å². The van der Waals surface area contributed by atoms with Crippen LogP contribution in [0, 0.1) is 13.8 Å². The Balaban J connectivity index is 2.02. The lowest BCUT2D eigenvalue weighted by Crippen LogP contribution is -2.04. The van der Waals surface area contributed by atoms with E-state index in [1.165, 1.54) is 11.1 Å². The summed E-state index contributed by atoms with van der Waals surface area (Å²) in [4.78, 5) is 8.60. The molecule has 0 bridgehead atoms. The zero-order valence-electron chi connectivity index (χ0n) is 9.57. The summed E-state index contributed by atoms with van der Waals surface area (Å²) >= 11 is 0. The van der Waals surface area contributed by atoms with Crippen LogP contribution in [0.1, 0.15) is 16.8 Å². The van der Waals surface area contributed by atoms with Gasteiger partial charge >= 0.3 is 0 Å². The molecule has 3 nitrogen and oxygen atoms in total. The van der Waals surface area contributed by atoms with Crippen molar-refractivity contribution in [2.24, 2.45) is 0 Å². The smallest absolute Gasteiger partial charge is 0.126 e. The van der Waals surface area contributed by atoms with E-state index in [-0.39, 0.29) is 0 Å². The van der Waals surface area contributed by atoms with Gasteiger partial charge in [-0.2, -0.15) is 0 Å². The van der Waals surface area contributed by atoms with Gasteiger partial charge in [0.15, 0.2) is 0 Å². The Labute approximate surface area is 95.6 Å². The number of aromatic nitrogens is 2. The monoisotopic (exact) mass is 213 g/mol. The van der Waals surface area contributed by atoms with Gasteiger partial charge in [0.1, 0.15) is 5.82 Å². The van der Waals surface area contributed by atoms with Gasteiger partial charge in [0.05, 0.1) is 12.2 Å². The molecule has 0 aliphatic carbocycles. The molecule has 0 aliphatic heterocycles. The van der Waals surface area contributed by atoms with Gasteiger partial charge in [0.25, 0.3) is 0 Å². The van der Waals surface area contributed by atoms with Crippen LogP contribution in [0.3, 0.4) is 0 Å². The summed E-state index contributed by atoms with van der Waals surface area (Å²) in [6.45, 7) is 4.80. The standard InChI is InChI=1S/C13H15N3/c1-10-5-6-13(15-8-10)16-9-12-11(2)4-3-7-14-12/h3-8H,9H2,1-2H3,(H,15,16). The van der Waals surface area contributed by atoms with Crippen LogP contribution in [0.25, 0.3) is 0 Å². The molecule has 0 fully saturated rings. The van der Waals surface area contributed by atoms with Crippen molar-refractivity contribution in [1.82, 2.24) is 9.97 Å². The Bertz CT molecular complexity index is 463. The van der Waals surface area contributed by atoms with E-state index in [1.807, 2.05) is 37.5 Å². The average Bonchev–Trinajstić information content (AvgIpc) is 2.30. The number of aryl methyl sites for hydroxylation is 2. The molecule has 0 atom stereocenters. The number of hydrogen-bond donors (Lipinski definition) is 1. The van der Waals surface area contributed by atoms with Crippen LogP contribution in [0.4, 0.5) is 5.82 Å². The Kier molecular flexibility index (Phi) is 3.15. The first-order chi connectivity index (χ1) is 7.75. The fraction of sp³-hybridized carbons (Fsp3) is 0.231. The Morgan fingerprint density at radius 3 is 2.69 bits per heavy atom. The summed E-state index contributed by atoms with van der Waals surface area (Å²) in [6, 6.07) is 8.03. The number of nitrogens with one attached hydrogen (secondary N) is 1. The normalized spacial score (nSPS) is 10.1. The van der Waals surface area contributed by atoms with Gasteiger partial charge in [-0.05, 0) is 37.1 Å². The number of hydrogen-bond acceptors (Lipinski definition) is 3. The van der Waals surface area contributed by atoms with E-state index >= 15 is 0 Å². The van der Waals surface area contributed by atoms with E-state index in [0.717, 1.165) is 11.5 Å². The lowest BCUT2D eigenvalue weighted by molar-refractivity contribution is 1.00. The van der Waals surface area contributed by atoms with Gasteiger partial charge in [-0.25, -0.2) is 4.98 Å². The molecule has 0 saturated heterocycles. The van der Waals surface area contributed by atoms with E-state index in [2.05, 4.69) is 28.3 Å². The van der Waals surface area contributed by atoms with Gasteiger partial charge in [-0.15, -0.1) is 0 Å². The largest absolute Gasteiger partial charge is 0.364 e. The second-order valence-electron chi connectivity index (χ2n) is 3.84. The predicted molar refractivity (Wildman–Crippen MR) is 65.3 cm³/mol. The van der Waals surface area contributed by atoms with Crippen molar-refractivity contribution in [2.45, 2.75) is 20.4 Å². The summed E-state index contributed by atoms with van der Waals surface area (Å²) in [5.41, 5.74) is 3.42. The molecule has 2 rings (SSSR count). The highest BCUT2D eigenvalue weighted by Crippen LogP contribution is 2.08. The molecule has 2 heterocycles. The molecule has 16 heavy (non-hydrogen) atoms. The van der Waals surface area contributed by atoms with Gasteiger partial charge < -0.3 is 5.32 Å². The van der Waals surface area contributed by atoms with Crippen LogP contribution >= 0.6 is 0 Å². The molecule has 2 aromatic heterocycles. The van der Waals surface area contributed by atoms with Gasteiger partial charge in [0, 0.05) is 12.4 Å². The van der Waals surface area contributed by atoms with E-state index in [0.29, 0.717) is 6.54 Å². The van der Waals surface area contributed by atoms with Gasteiger partial charge in [-0.3, -0.25) is 4.98 Å². The van der Waals surface area contributed by atoms with E-state index < -0.39 is 0 Å². The summed E-state index contributed by atoms with van der Waals surface area (Å²) in [7, 11) is 0. The van der Waals surface area contributed by atoms with Crippen molar-refractivity contribution in [1.29, 1.82) is 0 Å². The zero-order chi connectivity index (χ0) is 11.4. The number of rotatable bonds is 3. The lowest BCUT2D eigenvalue weighted by Gasteiger charge is -2.07. The highest BCUT2D eigenvalue weighted by Gasteiger charge is 1.98. The fourth-order valence-corrected chi connectivity index (χ4v) is 1.45. The minimum absolute atomic E-state index is 0.711. The predicted octanol–water partition coefficient (Wildman–Crippen LogP) is 2.71. The molecule has 0 saturated carbocycles. The van der Waals surface area contributed by atoms with Crippen molar-refractivity contribution in [3.05, 3.63) is 53.5 Å². The van der Waals surface area contributed by atoms with E-state index in [9.17, 15) is 0 Å². The maximum atomic E-state index is 4.32. The van der Waals surface area contributed by atoms with Crippen LogP contribution in [0.15, 0.2) is 36.7 Å².